The molecule has 0 bridgehead atoms. The first kappa shape index (κ1) is 9.09. The SMILES string of the molecule is CSN1CCN(I)C[C@H]1C. The molecule has 1 fully saturated rings. The molecule has 1 aliphatic rings. The van der Waals surface area contributed by atoms with Crippen LogP contribution < -0.4 is 0 Å². The Labute approximate surface area is 81.0 Å². The molecule has 0 spiro atoms. The standard InChI is InChI=1S/C6H13IN2S/c1-6-5-8(7)3-4-9(6)10-2/h6H,3-5H2,1-2H3/t6-/m1/s1. The highest BCUT2D eigenvalue weighted by atomic mass is 127. The van der Waals surface area contributed by atoms with E-state index in [0.29, 0.717) is 6.04 Å². The van der Waals surface area contributed by atoms with Gasteiger partial charge < -0.3 is 0 Å². The van der Waals surface area contributed by atoms with Crippen molar-refractivity contribution >= 4 is 34.8 Å². The van der Waals surface area contributed by atoms with E-state index in [4.69, 9.17) is 0 Å². The molecule has 0 aromatic heterocycles. The minimum atomic E-state index is 0.709. The quantitative estimate of drug-likeness (QED) is 0.407. The van der Waals surface area contributed by atoms with Crippen LogP contribution in [0.15, 0.2) is 0 Å². The van der Waals surface area contributed by atoms with Crippen molar-refractivity contribution < 1.29 is 0 Å². The number of halogens is 1. The molecule has 0 N–H and O–H groups in total. The molecule has 2 nitrogen and oxygen atoms in total. The summed E-state index contributed by atoms with van der Waals surface area (Å²) in [5.41, 5.74) is 0. The summed E-state index contributed by atoms with van der Waals surface area (Å²) in [6.45, 7) is 5.87. The van der Waals surface area contributed by atoms with E-state index in [1.54, 1.807) is 0 Å². The molecule has 0 amide bonds. The van der Waals surface area contributed by atoms with E-state index in [1.165, 1.54) is 19.6 Å². The molecule has 0 radical (unpaired) electrons. The molecule has 0 aromatic rings. The third kappa shape index (κ3) is 2.25. The van der Waals surface area contributed by atoms with Gasteiger partial charge in [0.2, 0.25) is 0 Å². The molecule has 0 saturated carbocycles. The molecule has 1 heterocycles. The van der Waals surface area contributed by atoms with Crippen molar-refractivity contribution in [3.63, 3.8) is 0 Å². The smallest absolute Gasteiger partial charge is 0.0310 e. The third-order valence-electron chi connectivity index (χ3n) is 1.75. The van der Waals surface area contributed by atoms with Crippen LogP contribution in [-0.2, 0) is 0 Å². The summed E-state index contributed by atoms with van der Waals surface area (Å²) < 4.78 is 4.80. The van der Waals surface area contributed by atoms with Crippen molar-refractivity contribution in [2.24, 2.45) is 0 Å². The fraction of sp³-hybridized carbons (Fsp3) is 1.00. The summed E-state index contributed by atoms with van der Waals surface area (Å²) in [4.78, 5) is 0. The number of hydrogen-bond acceptors (Lipinski definition) is 3. The molecule has 1 rings (SSSR count). The van der Waals surface area contributed by atoms with Crippen molar-refractivity contribution in [3.05, 3.63) is 0 Å². The van der Waals surface area contributed by atoms with Gasteiger partial charge in [0.25, 0.3) is 0 Å². The van der Waals surface area contributed by atoms with Gasteiger partial charge in [0.15, 0.2) is 0 Å². The predicted molar refractivity (Wildman–Crippen MR) is 55.3 cm³/mol. The Morgan fingerprint density at radius 2 is 2.20 bits per heavy atom. The molecule has 1 atom stereocenters. The first-order chi connectivity index (χ1) is 4.74. The van der Waals surface area contributed by atoms with Crippen LogP contribution in [0.1, 0.15) is 6.92 Å². The van der Waals surface area contributed by atoms with E-state index in [2.05, 4.69) is 43.5 Å². The van der Waals surface area contributed by atoms with Crippen LogP contribution in [0.5, 0.6) is 0 Å². The first-order valence-electron chi connectivity index (χ1n) is 3.45. The summed E-state index contributed by atoms with van der Waals surface area (Å²) in [6, 6.07) is 0.709. The highest BCUT2D eigenvalue weighted by Gasteiger charge is 2.20. The normalized spacial score (nSPS) is 30.9. The highest BCUT2D eigenvalue weighted by Crippen LogP contribution is 2.18. The Morgan fingerprint density at radius 1 is 1.50 bits per heavy atom. The van der Waals surface area contributed by atoms with Crippen LogP contribution in [0.3, 0.4) is 0 Å². The highest BCUT2D eigenvalue weighted by molar-refractivity contribution is 14.1. The maximum Gasteiger partial charge on any atom is 0.0310 e. The molecule has 0 unspecified atom stereocenters. The summed E-state index contributed by atoms with van der Waals surface area (Å²) >= 11 is 4.25. The van der Waals surface area contributed by atoms with Gasteiger partial charge in [-0.25, -0.2) is 7.42 Å². The lowest BCUT2D eigenvalue weighted by atomic mass is 10.3. The van der Waals surface area contributed by atoms with Crippen LogP contribution in [0, 0.1) is 0 Å². The Morgan fingerprint density at radius 3 is 2.70 bits per heavy atom. The van der Waals surface area contributed by atoms with Crippen molar-refractivity contribution in [3.8, 4) is 0 Å². The van der Waals surface area contributed by atoms with Crippen molar-refractivity contribution in [1.82, 2.24) is 7.42 Å². The summed E-state index contributed by atoms with van der Waals surface area (Å²) in [6.07, 6.45) is 2.15. The topological polar surface area (TPSA) is 6.48 Å². The molecule has 0 aliphatic carbocycles. The van der Waals surface area contributed by atoms with Gasteiger partial charge in [0.05, 0.1) is 0 Å². The second-order valence-electron chi connectivity index (χ2n) is 2.54. The molecule has 1 aliphatic heterocycles. The van der Waals surface area contributed by atoms with Crippen LogP contribution in [0.25, 0.3) is 0 Å². The summed E-state index contributed by atoms with van der Waals surface area (Å²) in [5, 5.41) is 0. The molecule has 1 saturated heterocycles. The third-order valence-corrected chi connectivity index (χ3v) is 3.64. The number of piperazine rings is 1. The second-order valence-corrected chi connectivity index (χ2v) is 4.74. The second kappa shape index (κ2) is 4.13. The molecule has 10 heavy (non-hydrogen) atoms. The summed E-state index contributed by atoms with van der Waals surface area (Å²) in [5.74, 6) is 0. The van der Waals surface area contributed by atoms with Gasteiger partial charge in [-0.15, -0.1) is 0 Å². The van der Waals surface area contributed by atoms with Crippen LogP contribution >= 0.6 is 34.8 Å². The lowest BCUT2D eigenvalue weighted by Crippen LogP contribution is -2.44. The Hall–Kier alpha value is 1.00. The zero-order chi connectivity index (χ0) is 7.56. The Balaban J connectivity index is 2.36. The zero-order valence-electron chi connectivity index (χ0n) is 6.38. The van der Waals surface area contributed by atoms with Crippen molar-refractivity contribution in [2.45, 2.75) is 13.0 Å². The largest absolute Gasteiger partial charge is 0.245 e. The van der Waals surface area contributed by atoms with Gasteiger partial charge in [0, 0.05) is 48.5 Å². The average Bonchev–Trinajstić information content (AvgIpc) is 1.88. The minimum absolute atomic E-state index is 0.709. The minimum Gasteiger partial charge on any atom is -0.245 e. The predicted octanol–water partition coefficient (Wildman–Crippen LogP) is 1.62. The maximum atomic E-state index is 2.44. The van der Waals surface area contributed by atoms with E-state index in [9.17, 15) is 0 Å². The summed E-state index contributed by atoms with van der Waals surface area (Å²) in [7, 11) is 0. The van der Waals surface area contributed by atoms with E-state index < -0.39 is 0 Å². The molecular formula is C6H13IN2S. The lowest BCUT2D eigenvalue weighted by molar-refractivity contribution is 0.255. The van der Waals surface area contributed by atoms with Gasteiger partial charge in [-0.1, -0.05) is 11.9 Å². The fourth-order valence-electron chi connectivity index (χ4n) is 1.17. The van der Waals surface area contributed by atoms with Crippen LogP contribution in [-0.4, -0.2) is 39.4 Å². The van der Waals surface area contributed by atoms with E-state index in [1.807, 2.05) is 11.9 Å². The molecular weight excluding hydrogens is 259 g/mol. The zero-order valence-corrected chi connectivity index (χ0v) is 9.35. The molecule has 0 aromatic carbocycles. The van der Waals surface area contributed by atoms with Crippen LogP contribution in [0.2, 0.25) is 0 Å². The van der Waals surface area contributed by atoms with Gasteiger partial charge in [0.1, 0.15) is 0 Å². The van der Waals surface area contributed by atoms with Gasteiger partial charge in [-0.3, -0.25) is 0 Å². The average molecular weight is 272 g/mol. The van der Waals surface area contributed by atoms with Crippen molar-refractivity contribution in [1.29, 1.82) is 0 Å². The van der Waals surface area contributed by atoms with Crippen molar-refractivity contribution in [2.75, 3.05) is 25.9 Å². The van der Waals surface area contributed by atoms with E-state index in [0.717, 1.165) is 0 Å². The number of rotatable bonds is 1. The lowest BCUT2D eigenvalue weighted by Gasteiger charge is -2.35. The first-order valence-corrected chi connectivity index (χ1v) is 5.60. The van der Waals surface area contributed by atoms with Crippen LogP contribution in [0.4, 0.5) is 0 Å². The molecule has 60 valence electrons. The number of nitrogens with zero attached hydrogens (tertiary/aromatic N) is 2. The van der Waals surface area contributed by atoms with Gasteiger partial charge in [-0.05, 0) is 13.2 Å². The maximum absolute atomic E-state index is 2.44. The Kier molecular flexibility index (Phi) is 3.76. The molecule has 4 heteroatoms. The van der Waals surface area contributed by atoms with Gasteiger partial charge in [-0.2, -0.15) is 0 Å². The van der Waals surface area contributed by atoms with E-state index in [-0.39, 0.29) is 0 Å². The van der Waals surface area contributed by atoms with Gasteiger partial charge >= 0.3 is 0 Å². The number of hydrogen-bond donors (Lipinski definition) is 0. The Bertz CT molecular complexity index is 112. The van der Waals surface area contributed by atoms with E-state index >= 15 is 0 Å². The fourth-order valence-corrected chi connectivity index (χ4v) is 2.64. The monoisotopic (exact) mass is 272 g/mol.